The van der Waals surface area contributed by atoms with Crippen molar-refractivity contribution in [3.8, 4) is 0 Å². The van der Waals surface area contributed by atoms with Crippen molar-refractivity contribution >= 4 is 35.1 Å². The summed E-state index contributed by atoms with van der Waals surface area (Å²) in [6, 6.07) is 4.36. The van der Waals surface area contributed by atoms with Gasteiger partial charge in [0.2, 0.25) is 5.91 Å². The highest BCUT2D eigenvalue weighted by molar-refractivity contribution is 6.36. The summed E-state index contributed by atoms with van der Waals surface area (Å²) >= 11 is 12.1. The summed E-state index contributed by atoms with van der Waals surface area (Å²) in [7, 11) is 0. The number of hydrogen-bond donors (Lipinski definition) is 1. The van der Waals surface area contributed by atoms with E-state index >= 15 is 0 Å². The molecule has 1 aromatic rings. The Kier molecular flexibility index (Phi) is 6.99. The summed E-state index contributed by atoms with van der Waals surface area (Å²) in [5, 5.41) is 3.52. The number of rotatable bonds is 6. The summed E-state index contributed by atoms with van der Waals surface area (Å²) in [6.45, 7) is 5.67. The number of hydrogen-bond acceptors (Lipinski definition) is 3. The number of amides is 1. The Morgan fingerprint density at radius 3 is 2.29 bits per heavy atom. The summed E-state index contributed by atoms with van der Waals surface area (Å²) in [5.74, 6) is -0.836. The van der Waals surface area contributed by atoms with Crippen molar-refractivity contribution in [1.82, 2.24) is 5.32 Å². The molecule has 1 unspecified atom stereocenters. The van der Waals surface area contributed by atoms with Crippen LogP contribution in [0.4, 0.5) is 0 Å². The van der Waals surface area contributed by atoms with Gasteiger partial charge in [0.1, 0.15) is 6.04 Å². The van der Waals surface area contributed by atoms with E-state index in [1.807, 2.05) is 13.8 Å². The maximum absolute atomic E-state index is 12.1. The fourth-order valence-electron chi connectivity index (χ4n) is 1.82. The van der Waals surface area contributed by atoms with Crippen molar-refractivity contribution in [1.29, 1.82) is 0 Å². The predicted octanol–water partition coefficient (Wildman–Crippen LogP) is 3.24. The van der Waals surface area contributed by atoms with Crippen LogP contribution in [0, 0.1) is 5.92 Å². The summed E-state index contributed by atoms with van der Waals surface area (Å²) in [4.78, 5) is 23.9. The lowest BCUT2D eigenvalue weighted by atomic mass is 10.0. The Balaban J connectivity index is 2.77. The molecule has 1 N–H and O–H groups in total. The first-order valence-electron chi connectivity index (χ1n) is 6.75. The van der Waals surface area contributed by atoms with Crippen LogP contribution in [0.2, 0.25) is 10.0 Å². The van der Waals surface area contributed by atoms with Gasteiger partial charge in [-0.25, -0.2) is 4.79 Å². The molecule has 0 aliphatic rings. The Hall–Kier alpha value is -1.26. The van der Waals surface area contributed by atoms with Crippen LogP contribution in [0.15, 0.2) is 18.2 Å². The van der Waals surface area contributed by atoms with Crippen molar-refractivity contribution in [2.24, 2.45) is 5.92 Å². The summed E-state index contributed by atoms with van der Waals surface area (Å²) in [6.07, 6.45) is 0.0150. The van der Waals surface area contributed by atoms with Crippen LogP contribution in [-0.2, 0) is 20.7 Å². The van der Waals surface area contributed by atoms with Crippen LogP contribution in [0.5, 0.6) is 0 Å². The minimum absolute atomic E-state index is 0.0150. The van der Waals surface area contributed by atoms with E-state index in [9.17, 15) is 9.59 Å². The lowest BCUT2D eigenvalue weighted by Gasteiger charge is -2.20. The molecule has 6 heteroatoms. The van der Waals surface area contributed by atoms with Crippen LogP contribution in [0.1, 0.15) is 26.3 Å². The number of halogens is 2. The highest BCUT2D eigenvalue weighted by atomic mass is 35.5. The first-order valence-corrected chi connectivity index (χ1v) is 7.51. The Morgan fingerprint density at radius 2 is 1.81 bits per heavy atom. The second-order valence-electron chi connectivity index (χ2n) is 4.92. The fourth-order valence-corrected chi connectivity index (χ4v) is 2.35. The van der Waals surface area contributed by atoms with Crippen molar-refractivity contribution in [3.05, 3.63) is 33.8 Å². The molecule has 1 atom stereocenters. The Morgan fingerprint density at radius 1 is 1.24 bits per heavy atom. The number of nitrogens with one attached hydrogen (secondary N) is 1. The number of esters is 1. The van der Waals surface area contributed by atoms with E-state index in [0.29, 0.717) is 15.6 Å². The predicted molar refractivity (Wildman–Crippen MR) is 83.6 cm³/mol. The Labute approximate surface area is 134 Å². The van der Waals surface area contributed by atoms with Gasteiger partial charge in [0.15, 0.2) is 0 Å². The molecule has 1 rings (SSSR count). The average Bonchev–Trinajstić information content (AvgIpc) is 2.40. The van der Waals surface area contributed by atoms with Gasteiger partial charge in [-0.3, -0.25) is 4.79 Å². The maximum atomic E-state index is 12.1. The maximum Gasteiger partial charge on any atom is 0.328 e. The minimum atomic E-state index is -0.682. The molecule has 0 spiro atoms. The van der Waals surface area contributed by atoms with Crippen molar-refractivity contribution in [2.45, 2.75) is 33.2 Å². The van der Waals surface area contributed by atoms with Gasteiger partial charge in [-0.1, -0.05) is 43.1 Å². The first kappa shape index (κ1) is 17.8. The minimum Gasteiger partial charge on any atom is -0.464 e. The normalized spacial score (nSPS) is 12.1. The topological polar surface area (TPSA) is 55.4 Å². The van der Waals surface area contributed by atoms with E-state index < -0.39 is 12.0 Å². The number of ether oxygens (including phenoxy) is 1. The monoisotopic (exact) mass is 331 g/mol. The van der Waals surface area contributed by atoms with Gasteiger partial charge in [-0.05, 0) is 30.5 Å². The molecule has 116 valence electrons. The van der Waals surface area contributed by atoms with Crippen molar-refractivity contribution < 1.29 is 14.3 Å². The first-order chi connectivity index (χ1) is 9.86. The molecule has 0 saturated carbocycles. The number of benzene rings is 1. The molecule has 0 aliphatic heterocycles. The van der Waals surface area contributed by atoms with Gasteiger partial charge in [0, 0.05) is 10.0 Å². The van der Waals surface area contributed by atoms with E-state index in [2.05, 4.69) is 5.32 Å². The van der Waals surface area contributed by atoms with Gasteiger partial charge in [0.25, 0.3) is 0 Å². The van der Waals surface area contributed by atoms with E-state index in [4.69, 9.17) is 27.9 Å². The average molecular weight is 332 g/mol. The fraction of sp³-hybridized carbons (Fsp3) is 0.467. The second-order valence-corrected chi connectivity index (χ2v) is 5.73. The molecular formula is C15H19Cl2NO3. The molecule has 0 aromatic heterocycles. The molecule has 21 heavy (non-hydrogen) atoms. The Bertz CT molecular complexity index is 497. The zero-order chi connectivity index (χ0) is 16.0. The van der Waals surface area contributed by atoms with Gasteiger partial charge in [-0.2, -0.15) is 0 Å². The third-order valence-corrected chi connectivity index (χ3v) is 3.63. The molecule has 4 nitrogen and oxygen atoms in total. The molecule has 0 saturated heterocycles. The van der Waals surface area contributed by atoms with Gasteiger partial charge >= 0.3 is 5.97 Å². The highest BCUT2D eigenvalue weighted by Crippen LogP contribution is 2.24. The standard InChI is InChI=1S/C15H19Cl2NO3/c1-4-21-15(20)14(9(2)3)18-13(19)8-10-11(16)6-5-7-12(10)17/h5-7,9,14H,4,8H2,1-3H3,(H,18,19). The zero-order valence-electron chi connectivity index (χ0n) is 12.3. The van der Waals surface area contributed by atoms with Crippen LogP contribution >= 0.6 is 23.2 Å². The third-order valence-electron chi connectivity index (χ3n) is 2.92. The van der Waals surface area contributed by atoms with E-state index in [1.165, 1.54) is 0 Å². The smallest absolute Gasteiger partial charge is 0.328 e. The van der Waals surface area contributed by atoms with Crippen LogP contribution in [0.3, 0.4) is 0 Å². The molecule has 0 radical (unpaired) electrons. The van der Waals surface area contributed by atoms with E-state index in [0.717, 1.165) is 0 Å². The van der Waals surface area contributed by atoms with Crippen molar-refractivity contribution in [3.63, 3.8) is 0 Å². The van der Waals surface area contributed by atoms with Gasteiger partial charge in [0.05, 0.1) is 13.0 Å². The molecule has 0 bridgehead atoms. The number of carbonyl (C=O) groups excluding carboxylic acids is 2. The van der Waals surface area contributed by atoms with Crippen LogP contribution in [0.25, 0.3) is 0 Å². The van der Waals surface area contributed by atoms with Gasteiger partial charge in [-0.15, -0.1) is 0 Å². The molecular weight excluding hydrogens is 313 g/mol. The van der Waals surface area contributed by atoms with Crippen molar-refractivity contribution in [2.75, 3.05) is 6.61 Å². The summed E-state index contributed by atoms with van der Waals surface area (Å²) < 4.78 is 4.96. The molecule has 0 fully saturated rings. The molecule has 1 aromatic carbocycles. The van der Waals surface area contributed by atoms with Gasteiger partial charge < -0.3 is 10.1 Å². The molecule has 0 heterocycles. The quantitative estimate of drug-likeness (QED) is 0.814. The number of carbonyl (C=O) groups is 2. The largest absolute Gasteiger partial charge is 0.464 e. The zero-order valence-corrected chi connectivity index (χ0v) is 13.8. The van der Waals surface area contributed by atoms with Crippen LogP contribution in [-0.4, -0.2) is 24.5 Å². The summed E-state index contributed by atoms with van der Waals surface area (Å²) in [5.41, 5.74) is 0.546. The molecule has 0 aliphatic carbocycles. The lowest BCUT2D eigenvalue weighted by Crippen LogP contribution is -2.45. The molecule has 1 amide bonds. The second kappa shape index (κ2) is 8.25. The van der Waals surface area contributed by atoms with E-state index in [-0.39, 0.29) is 24.9 Å². The van der Waals surface area contributed by atoms with Crippen LogP contribution < -0.4 is 5.32 Å². The highest BCUT2D eigenvalue weighted by Gasteiger charge is 2.25. The third kappa shape index (κ3) is 5.21. The SMILES string of the molecule is CCOC(=O)C(NC(=O)Cc1c(Cl)cccc1Cl)C(C)C. The van der Waals surface area contributed by atoms with E-state index in [1.54, 1.807) is 25.1 Å². The lowest BCUT2D eigenvalue weighted by molar-refractivity contribution is -0.148.